The number of aryl methyl sites for hydroxylation is 1. The largest absolute Gasteiger partial charge is 0.380 e. The fourth-order valence-corrected chi connectivity index (χ4v) is 2.05. The first-order valence-corrected chi connectivity index (χ1v) is 6.95. The van der Waals surface area contributed by atoms with E-state index in [0.717, 1.165) is 12.2 Å². The summed E-state index contributed by atoms with van der Waals surface area (Å²) in [4.78, 5) is 12.5. The van der Waals surface area contributed by atoms with Gasteiger partial charge in [0.25, 0.3) is 0 Å². The van der Waals surface area contributed by atoms with Crippen molar-refractivity contribution in [3.05, 3.63) is 58.5 Å². The number of pyridine rings is 1. The summed E-state index contributed by atoms with van der Waals surface area (Å²) < 4.78 is 1.57. The number of thioether (sulfide) groups is 1. The molecule has 1 N–H and O–H groups in total. The Labute approximate surface area is 111 Å². The van der Waals surface area contributed by atoms with E-state index >= 15 is 0 Å². The van der Waals surface area contributed by atoms with E-state index in [0.29, 0.717) is 0 Å². The first-order valence-electron chi connectivity index (χ1n) is 5.72. The van der Waals surface area contributed by atoms with Gasteiger partial charge in [-0.3, -0.25) is 4.79 Å². The van der Waals surface area contributed by atoms with Crippen LogP contribution in [0, 0.1) is 0 Å². The predicted octanol–water partition coefficient (Wildman–Crippen LogP) is 2.72. The summed E-state index contributed by atoms with van der Waals surface area (Å²) in [5.74, 6) is 0. The number of benzene rings is 1. The molecule has 0 amide bonds. The number of rotatable bonds is 4. The van der Waals surface area contributed by atoms with Gasteiger partial charge in [-0.15, -0.1) is 11.8 Å². The Kier molecular flexibility index (Phi) is 4.10. The molecule has 1 aromatic carbocycles. The molecule has 0 aliphatic carbocycles. The number of hydrogen-bond acceptors (Lipinski definition) is 3. The molecule has 4 heteroatoms. The third kappa shape index (κ3) is 3.17. The van der Waals surface area contributed by atoms with Gasteiger partial charge in [0.15, 0.2) is 0 Å². The van der Waals surface area contributed by atoms with E-state index in [1.54, 1.807) is 41.7 Å². The van der Waals surface area contributed by atoms with Gasteiger partial charge in [-0.05, 0) is 30.0 Å². The van der Waals surface area contributed by atoms with Crippen LogP contribution in [0.5, 0.6) is 0 Å². The summed E-state index contributed by atoms with van der Waals surface area (Å²) in [6.07, 6.45) is 3.87. The van der Waals surface area contributed by atoms with Crippen LogP contribution in [0.25, 0.3) is 0 Å². The van der Waals surface area contributed by atoms with Gasteiger partial charge in [0.05, 0.1) is 5.69 Å². The zero-order valence-electron chi connectivity index (χ0n) is 10.5. The second-order valence-electron chi connectivity index (χ2n) is 4.07. The highest BCUT2D eigenvalue weighted by atomic mass is 32.2. The fraction of sp³-hybridized carbons (Fsp3) is 0.214. The molecule has 0 spiro atoms. The van der Waals surface area contributed by atoms with Crippen LogP contribution in [-0.4, -0.2) is 10.8 Å². The normalized spacial score (nSPS) is 10.3. The average Bonchev–Trinajstić information content (AvgIpc) is 2.41. The number of hydrogen-bond donors (Lipinski definition) is 1. The number of nitrogens with zero attached hydrogens (tertiary/aromatic N) is 1. The lowest BCUT2D eigenvalue weighted by Crippen LogP contribution is -2.15. The number of nitrogens with one attached hydrogen (secondary N) is 1. The Morgan fingerprint density at radius 1 is 1.17 bits per heavy atom. The average molecular weight is 260 g/mol. The molecule has 0 atom stereocenters. The van der Waals surface area contributed by atoms with Crippen molar-refractivity contribution in [2.24, 2.45) is 7.05 Å². The van der Waals surface area contributed by atoms with Crippen molar-refractivity contribution in [1.82, 2.24) is 4.57 Å². The molecule has 0 aliphatic heterocycles. The van der Waals surface area contributed by atoms with Crippen molar-refractivity contribution in [1.29, 1.82) is 0 Å². The molecule has 0 saturated heterocycles. The van der Waals surface area contributed by atoms with Gasteiger partial charge >= 0.3 is 0 Å². The number of aromatic nitrogens is 1. The second-order valence-corrected chi connectivity index (χ2v) is 4.95. The summed E-state index contributed by atoms with van der Waals surface area (Å²) in [5.41, 5.74) is 2.18. The monoisotopic (exact) mass is 260 g/mol. The van der Waals surface area contributed by atoms with Crippen molar-refractivity contribution < 1.29 is 0 Å². The first-order chi connectivity index (χ1) is 8.69. The zero-order chi connectivity index (χ0) is 13.0. The molecule has 0 bridgehead atoms. The van der Waals surface area contributed by atoms with Crippen molar-refractivity contribution in [3.8, 4) is 0 Å². The van der Waals surface area contributed by atoms with Crippen LogP contribution in [0.2, 0.25) is 0 Å². The molecule has 0 fully saturated rings. The smallest absolute Gasteiger partial charge is 0.250 e. The lowest BCUT2D eigenvalue weighted by molar-refractivity contribution is 0.859. The third-order valence-corrected chi connectivity index (χ3v) is 3.49. The van der Waals surface area contributed by atoms with Gasteiger partial charge in [-0.1, -0.05) is 12.1 Å². The molecule has 18 heavy (non-hydrogen) atoms. The lowest BCUT2D eigenvalue weighted by atomic mass is 10.2. The predicted molar refractivity (Wildman–Crippen MR) is 77.2 cm³/mol. The van der Waals surface area contributed by atoms with Crippen LogP contribution in [0.3, 0.4) is 0 Å². The van der Waals surface area contributed by atoms with Crippen LogP contribution in [-0.2, 0) is 13.6 Å². The van der Waals surface area contributed by atoms with Crippen LogP contribution in [0.1, 0.15) is 5.56 Å². The van der Waals surface area contributed by atoms with Crippen molar-refractivity contribution >= 4 is 17.4 Å². The Balaban J connectivity index is 2.01. The zero-order valence-corrected chi connectivity index (χ0v) is 11.3. The molecule has 94 valence electrons. The summed E-state index contributed by atoms with van der Waals surface area (Å²) >= 11 is 1.74. The fourth-order valence-electron chi connectivity index (χ4n) is 1.65. The summed E-state index contributed by atoms with van der Waals surface area (Å²) in [7, 11) is 1.75. The third-order valence-electron chi connectivity index (χ3n) is 2.74. The minimum Gasteiger partial charge on any atom is -0.380 e. The lowest BCUT2D eigenvalue weighted by Gasteiger charge is -2.08. The standard InChI is InChI=1S/C14H16N2OS/c1-16-10-12(5-8-14(16)17)15-9-11-3-6-13(18-2)7-4-11/h3-8,10,15H,9H2,1-2H3. The topological polar surface area (TPSA) is 34.0 Å². The Hall–Kier alpha value is -1.68. The maximum absolute atomic E-state index is 11.2. The van der Waals surface area contributed by atoms with Gasteiger partial charge in [0.2, 0.25) is 5.56 Å². The van der Waals surface area contributed by atoms with E-state index in [4.69, 9.17) is 0 Å². The van der Waals surface area contributed by atoms with Crippen molar-refractivity contribution in [2.75, 3.05) is 11.6 Å². The van der Waals surface area contributed by atoms with Crippen LogP contribution in [0.4, 0.5) is 5.69 Å². The molecule has 3 nitrogen and oxygen atoms in total. The van der Waals surface area contributed by atoms with E-state index in [2.05, 4.69) is 35.8 Å². The quantitative estimate of drug-likeness (QED) is 0.858. The molecular weight excluding hydrogens is 244 g/mol. The highest BCUT2D eigenvalue weighted by molar-refractivity contribution is 7.98. The maximum Gasteiger partial charge on any atom is 0.250 e. The highest BCUT2D eigenvalue weighted by Gasteiger charge is 1.96. The van der Waals surface area contributed by atoms with Gasteiger partial charge < -0.3 is 9.88 Å². The van der Waals surface area contributed by atoms with Gasteiger partial charge in [0.1, 0.15) is 0 Å². The molecule has 0 saturated carbocycles. The van der Waals surface area contributed by atoms with Crippen molar-refractivity contribution in [3.63, 3.8) is 0 Å². The van der Waals surface area contributed by atoms with Gasteiger partial charge in [-0.25, -0.2) is 0 Å². The van der Waals surface area contributed by atoms with E-state index in [-0.39, 0.29) is 5.56 Å². The minimum absolute atomic E-state index is 0.00451. The van der Waals surface area contributed by atoms with Gasteiger partial charge in [-0.2, -0.15) is 0 Å². The summed E-state index contributed by atoms with van der Waals surface area (Å²) in [6.45, 7) is 0.757. The first kappa shape index (κ1) is 12.8. The molecule has 0 radical (unpaired) electrons. The maximum atomic E-state index is 11.2. The van der Waals surface area contributed by atoms with E-state index in [9.17, 15) is 4.79 Å². The Morgan fingerprint density at radius 2 is 1.89 bits per heavy atom. The molecule has 0 aliphatic rings. The minimum atomic E-state index is 0.00451. The molecule has 0 unspecified atom stereocenters. The SMILES string of the molecule is CSc1ccc(CNc2ccc(=O)n(C)c2)cc1. The van der Waals surface area contributed by atoms with Crippen LogP contribution in [0.15, 0.2) is 52.3 Å². The number of anilines is 1. The molecule has 1 aromatic heterocycles. The summed E-state index contributed by atoms with van der Waals surface area (Å²) in [5, 5.41) is 3.30. The van der Waals surface area contributed by atoms with E-state index in [1.165, 1.54) is 10.5 Å². The Bertz CT molecular complexity index is 575. The summed E-state index contributed by atoms with van der Waals surface area (Å²) in [6, 6.07) is 11.8. The molecule has 1 heterocycles. The second kappa shape index (κ2) is 5.78. The Morgan fingerprint density at radius 3 is 2.50 bits per heavy atom. The molecule has 2 rings (SSSR count). The van der Waals surface area contributed by atoms with Gasteiger partial charge in [0, 0.05) is 30.8 Å². The molecule has 2 aromatic rings. The van der Waals surface area contributed by atoms with Crippen LogP contribution >= 0.6 is 11.8 Å². The van der Waals surface area contributed by atoms with E-state index in [1.807, 2.05) is 0 Å². The van der Waals surface area contributed by atoms with Crippen molar-refractivity contribution in [2.45, 2.75) is 11.4 Å². The molecular formula is C14H16N2OS. The van der Waals surface area contributed by atoms with E-state index < -0.39 is 0 Å². The highest BCUT2D eigenvalue weighted by Crippen LogP contribution is 2.15. The van der Waals surface area contributed by atoms with Crippen LogP contribution < -0.4 is 10.9 Å².